The molecule has 0 atom stereocenters. The lowest BCUT2D eigenvalue weighted by Gasteiger charge is -2.08. The summed E-state index contributed by atoms with van der Waals surface area (Å²) in [6.45, 7) is 4.23. The fraction of sp³-hybridized carbons (Fsp3) is 0.188. The molecule has 0 unspecified atom stereocenters. The molecule has 0 amide bonds. The Bertz CT molecular complexity index is 695. The predicted octanol–water partition coefficient (Wildman–Crippen LogP) is 3.77. The Morgan fingerprint density at radius 1 is 1.00 bits per heavy atom. The zero-order chi connectivity index (χ0) is 12.5. The lowest BCUT2D eigenvalue weighted by molar-refractivity contribution is 1.09. The van der Waals surface area contributed by atoms with Crippen LogP contribution in [0.4, 0.5) is 0 Å². The van der Waals surface area contributed by atoms with E-state index in [0.717, 1.165) is 17.8 Å². The molecule has 0 saturated carbocycles. The van der Waals surface area contributed by atoms with Crippen molar-refractivity contribution >= 4 is 10.8 Å². The van der Waals surface area contributed by atoms with Gasteiger partial charge in [0, 0.05) is 12.1 Å². The molecule has 0 fully saturated rings. The fourth-order valence-electron chi connectivity index (χ4n) is 2.41. The number of H-pyrrole nitrogens is 1. The van der Waals surface area contributed by atoms with Gasteiger partial charge in [0.05, 0.1) is 12.0 Å². The van der Waals surface area contributed by atoms with Crippen LogP contribution in [-0.4, -0.2) is 9.97 Å². The van der Waals surface area contributed by atoms with Crippen molar-refractivity contribution in [3.05, 3.63) is 65.2 Å². The maximum absolute atomic E-state index is 4.38. The highest BCUT2D eigenvalue weighted by atomic mass is 14.9. The highest BCUT2D eigenvalue weighted by molar-refractivity contribution is 5.88. The van der Waals surface area contributed by atoms with Gasteiger partial charge in [0.1, 0.15) is 0 Å². The van der Waals surface area contributed by atoms with E-state index in [1.54, 1.807) is 6.33 Å². The van der Waals surface area contributed by atoms with Crippen molar-refractivity contribution in [3.63, 3.8) is 0 Å². The molecule has 0 aliphatic carbocycles. The van der Waals surface area contributed by atoms with Gasteiger partial charge in [0.25, 0.3) is 0 Å². The first-order chi connectivity index (χ1) is 8.75. The van der Waals surface area contributed by atoms with E-state index in [0.29, 0.717) is 0 Å². The van der Waals surface area contributed by atoms with E-state index in [9.17, 15) is 0 Å². The number of nitrogens with one attached hydrogen (secondary N) is 1. The Hall–Kier alpha value is -2.09. The Morgan fingerprint density at radius 2 is 1.78 bits per heavy atom. The fourth-order valence-corrected chi connectivity index (χ4v) is 2.41. The van der Waals surface area contributed by atoms with Gasteiger partial charge in [-0.25, -0.2) is 4.98 Å². The smallest absolute Gasteiger partial charge is 0.0925 e. The zero-order valence-corrected chi connectivity index (χ0v) is 10.7. The molecule has 1 N–H and O–H groups in total. The third-order valence-corrected chi connectivity index (χ3v) is 3.52. The normalized spacial score (nSPS) is 11.0. The molecule has 1 heterocycles. The Labute approximate surface area is 107 Å². The molecule has 0 radical (unpaired) electrons. The minimum atomic E-state index is 0.885. The van der Waals surface area contributed by atoms with Crippen LogP contribution < -0.4 is 0 Å². The molecule has 2 aromatic carbocycles. The third-order valence-electron chi connectivity index (χ3n) is 3.52. The van der Waals surface area contributed by atoms with Crippen molar-refractivity contribution in [1.82, 2.24) is 9.97 Å². The first-order valence-corrected chi connectivity index (χ1v) is 6.22. The molecule has 0 aliphatic heterocycles. The average molecular weight is 236 g/mol. The molecule has 0 aliphatic rings. The van der Waals surface area contributed by atoms with E-state index in [2.05, 4.69) is 60.2 Å². The summed E-state index contributed by atoms with van der Waals surface area (Å²) in [5.74, 6) is 0. The number of hydrogen-bond donors (Lipinski definition) is 1. The van der Waals surface area contributed by atoms with Crippen molar-refractivity contribution in [2.75, 3.05) is 0 Å². The molecule has 2 nitrogen and oxygen atoms in total. The number of nitrogens with zero attached hydrogens (tertiary/aromatic N) is 1. The minimum absolute atomic E-state index is 0.885. The van der Waals surface area contributed by atoms with Crippen LogP contribution in [0, 0.1) is 13.8 Å². The highest BCUT2D eigenvalue weighted by Gasteiger charge is 2.07. The van der Waals surface area contributed by atoms with Gasteiger partial charge in [-0.1, -0.05) is 36.4 Å². The topological polar surface area (TPSA) is 28.7 Å². The van der Waals surface area contributed by atoms with E-state index >= 15 is 0 Å². The van der Waals surface area contributed by atoms with E-state index in [-0.39, 0.29) is 0 Å². The molecule has 18 heavy (non-hydrogen) atoms. The molecule has 3 aromatic rings. The van der Waals surface area contributed by atoms with Crippen molar-refractivity contribution in [2.24, 2.45) is 0 Å². The molecular weight excluding hydrogens is 220 g/mol. The zero-order valence-electron chi connectivity index (χ0n) is 10.7. The number of aromatic nitrogens is 2. The summed E-state index contributed by atoms with van der Waals surface area (Å²) in [5, 5.41) is 2.67. The number of rotatable bonds is 2. The van der Waals surface area contributed by atoms with E-state index in [4.69, 9.17) is 0 Å². The summed E-state index contributed by atoms with van der Waals surface area (Å²) in [6.07, 6.45) is 2.65. The van der Waals surface area contributed by atoms with Crippen LogP contribution in [0.2, 0.25) is 0 Å². The molecule has 0 bridgehead atoms. The number of aromatic amines is 1. The first kappa shape index (κ1) is 11.0. The van der Waals surface area contributed by atoms with Crippen molar-refractivity contribution < 1.29 is 0 Å². The average Bonchev–Trinajstić information content (AvgIpc) is 2.79. The van der Waals surface area contributed by atoms with Gasteiger partial charge in [-0.2, -0.15) is 0 Å². The van der Waals surface area contributed by atoms with Crippen molar-refractivity contribution in [3.8, 4) is 0 Å². The Kier molecular flexibility index (Phi) is 2.63. The monoisotopic (exact) mass is 236 g/mol. The molecule has 1 aromatic heterocycles. The number of hydrogen-bond acceptors (Lipinski definition) is 1. The van der Waals surface area contributed by atoms with Crippen LogP contribution in [-0.2, 0) is 6.42 Å². The summed E-state index contributed by atoms with van der Waals surface area (Å²) in [7, 11) is 0. The lowest BCUT2D eigenvalue weighted by Crippen LogP contribution is -1.93. The van der Waals surface area contributed by atoms with Crippen LogP contribution >= 0.6 is 0 Å². The van der Waals surface area contributed by atoms with Crippen molar-refractivity contribution in [1.29, 1.82) is 0 Å². The Morgan fingerprint density at radius 3 is 2.50 bits per heavy atom. The van der Waals surface area contributed by atoms with Gasteiger partial charge >= 0.3 is 0 Å². The number of benzene rings is 2. The third kappa shape index (κ3) is 1.80. The maximum Gasteiger partial charge on any atom is 0.0925 e. The van der Waals surface area contributed by atoms with E-state index < -0.39 is 0 Å². The van der Waals surface area contributed by atoms with Gasteiger partial charge < -0.3 is 4.98 Å². The SMILES string of the molecule is Cc1[nH]cnc1Cc1ccc(C)c2ccccc12. The standard InChI is InChI=1S/C16H16N2/c1-11-7-8-13(9-16-12(2)17-10-18-16)15-6-4-3-5-14(11)15/h3-8,10H,9H2,1-2H3,(H,17,18). The van der Waals surface area contributed by atoms with Crippen molar-refractivity contribution in [2.45, 2.75) is 20.3 Å². The van der Waals surface area contributed by atoms with Crippen LogP contribution in [0.15, 0.2) is 42.7 Å². The van der Waals surface area contributed by atoms with Crippen LogP contribution in [0.3, 0.4) is 0 Å². The van der Waals surface area contributed by atoms with Gasteiger partial charge in [0.2, 0.25) is 0 Å². The van der Waals surface area contributed by atoms with Crippen LogP contribution in [0.1, 0.15) is 22.5 Å². The number of imidazole rings is 1. The van der Waals surface area contributed by atoms with Gasteiger partial charge in [0.15, 0.2) is 0 Å². The van der Waals surface area contributed by atoms with Gasteiger partial charge in [-0.3, -0.25) is 0 Å². The second-order valence-electron chi connectivity index (χ2n) is 4.74. The lowest BCUT2D eigenvalue weighted by atomic mass is 9.97. The first-order valence-electron chi connectivity index (χ1n) is 6.22. The van der Waals surface area contributed by atoms with Gasteiger partial charge in [-0.15, -0.1) is 0 Å². The minimum Gasteiger partial charge on any atom is -0.348 e. The number of fused-ring (bicyclic) bond motifs is 1. The largest absolute Gasteiger partial charge is 0.348 e. The predicted molar refractivity (Wildman–Crippen MR) is 74.8 cm³/mol. The van der Waals surface area contributed by atoms with Crippen LogP contribution in [0.5, 0.6) is 0 Å². The second-order valence-corrected chi connectivity index (χ2v) is 4.74. The highest BCUT2D eigenvalue weighted by Crippen LogP contribution is 2.24. The Balaban J connectivity index is 2.13. The summed E-state index contributed by atoms with van der Waals surface area (Å²) in [5.41, 5.74) is 4.95. The number of aryl methyl sites for hydroxylation is 2. The summed E-state index contributed by atoms with van der Waals surface area (Å²) in [6, 6.07) is 13.0. The summed E-state index contributed by atoms with van der Waals surface area (Å²) in [4.78, 5) is 7.52. The van der Waals surface area contributed by atoms with Crippen LogP contribution in [0.25, 0.3) is 10.8 Å². The van der Waals surface area contributed by atoms with E-state index in [1.165, 1.54) is 21.9 Å². The molecule has 0 saturated heterocycles. The molecule has 90 valence electrons. The van der Waals surface area contributed by atoms with Gasteiger partial charge in [-0.05, 0) is 35.7 Å². The second kappa shape index (κ2) is 4.30. The van der Waals surface area contributed by atoms with E-state index in [1.807, 2.05) is 0 Å². The summed E-state index contributed by atoms with van der Waals surface area (Å²) < 4.78 is 0. The molecule has 3 rings (SSSR count). The molecule has 2 heteroatoms. The molecule has 0 spiro atoms. The maximum atomic E-state index is 4.38. The molecular formula is C16H16N2. The quantitative estimate of drug-likeness (QED) is 0.721. The summed E-state index contributed by atoms with van der Waals surface area (Å²) >= 11 is 0.